The summed E-state index contributed by atoms with van der Waals surface area (Å²) in [5.41, 5.74) is -0.465. The molecule has 1 saturated heterocycles. The van der Waals surface area contributed by atoms with Crippen LogP contribution in [0.1, 0.15) is 27.2 Å². The molecular weight excluding hydrogens is 170 g/mol. The molecule has 4 heteroatoms. The highest BCUT2D eigenvalue weighted by Gasteiger charge is 2.46. The molecule has 1 aliphatic heterocycles. The molecule has 76 valence electrons. The van der Waals surface area contributed by atoms with E-state index in [4.69, 9.17) is 9.84 Å². The molecule has 0 spiro atoms. The van der Waals surface area contributed by atoms with Gasteiger partial charge in [0.15, 0.2) is 6.73 Å². The first-order chi connectivity index (χ1) is 5.90. The highest BCUT2D eigenvalue weighted by Crippen LogP contribution is 2.23. The van der Waals surface area contributed by atoms with E-state index in [0.29, 0.717) is 13.1 Å². The first-order valence-corrected chi connectivity index (χ1v) is 4.60. The zero-order chi connectivity index (χ0) is 10.1. The van der Waals surface area contributed by atoms with Crippen molar-refractivity contribution in [2.75, 3.05) is 19.8 Å². The number of nitrogens with zero attached hydrogens (tertiary/aromatic N) is 1. The Labute approximate surface area is 78.7 Å². The van der Waals surface area contributed by atoms with E-state index >= 15 is 0 Å². The van der Waals surface area contributed by atoms with Crippen LogP contribution < -0.4 is 0 Å². The van der Waals surface area contributed by atoms with Crippen LogP contribution in [0.5, 0.6) is 0 Å². The molecule has 1 heterocycles. The van der Waals surface area contributed by atoms with Crippen LogP contribution in [0.4, 0.5) is 4.79 Å². The number of quaternary nitrogens is 1. The number of aliphatic hydroxyl groups excluding tert-OH is 1. The summed E-state index contributed by atoms with van der Waals surface area (Å²) < 4.78 is 5.29. The summed E-state index contributed by atoms with van der Waals surface area (Å²) in [4.78, 5) is 11.6. The van der Waals surface area contributed by atoms with Crippen molar-refractivity contribution < 1.29 is 19.1 Å². The topological polar surface area (TPSA) is 46.5 Å². The Balaban J connectivity index is 2.56. The van der Waals surface area contributed by atoms with Gasteiger partial charge in [0.25, 0.3) is 0 Å². The lowest BCUT2D eigenvalue weighted by atomic mass is 10.1. The van der Waals surface area contributed by atoms with E-state index in [2.05, 4.69) is 0 Å². The molecule has 1 N–H and O–H groups in total. The van der Waals surface area contributed by atoms with Gasteiger partial charge in [-0.1, -0.05) is 0 Å². The number of amides is 1. The number of hydrogen-bond acceptors (Lipinski definition) is 3. The maximum absolute atomic E-state index is 11.6. The van der Waals surface area contributed by atoms with Crippen molar-refractivity contribution >= 4 is 6.09 Å². The van der Waals surface area contributed by atoms with Crippen LogP contribution in [0.2, 0.25) is 0 Å². The quantitative estimate of drug-likeness (QED) is 0.627. The van der Waals surface area contributed by atoms with Crippen LogP contribution >= 0.6 is 0 Å². The van der Waals surface area contributed by atoms with Gasteiger partial charge in [-0.15, -0.1) is 0 Å². The van der Waals surface area contributed by atoms with Crippen LogP contribution in [0, 0.1) is 0 Å². The molecule has 13 heavy (non-hydrogen) atoms. The normalized spacial score (nSPS) is 20.6. The molecule has 0 aromatic rings. The van der Waals surface area contributed by atoms with Gasteiger partial charge in [0.2, 0.25) is 0 Å². The van der Waals surface area contributed by atoms with E-state index in [1.54, 1.807) is 0 Å². The molecule has 1 aliphatic rings. The first-order valence-electron chi connectivity index (χ1n) is 4.60. The molecular formula is C9H18NO3+. The van der Waals surface area contributed by atoms with Crippen LogP contribution in [-0.4, -0.2) is 41.1 Å². The monoisotopic (exact) mass is 188 g/mol. The minimum absolute atomic E-state index is 0.0806. The largest absolute Gasteiger partial charge is 0.518 e. The van der Waals surface area contributed by atoms with Gasteiger partial charge in [-0.25, -0.2) is 0 Å². The van der Waals surface area contributed by atoms with Crippen LogP contribution in [0.15, 0.2) is 0 Å². The fourth-order valence-electron chi connectivity index (χ4n) is 1.28. The van der Waals surface area contributed by atoms with Gasteiger partial charge in [0, 0.05) is 6.42 Å². The summed E-state index contributed by atoms with van der Waals surface area (Å²) >= 11 is 0. The fourth-order valence-corrected chi connectivity index (χ4v) is 1.28. The highest BCUT2D eigenvalue weighted by molar-refractivity contribution is 5.60. The minimum Gasteiger partial charge on any atom is -0.414 e. The van der Waals surface area contributed by atoms with Gasteiger partial charge in [0.1, 0.15) is 5.60 Å². The van der Waals surface area contributed by atoms with Gasteiger partial charge >= 0.3 is 6.09 Å². The summed E-state index contributed by atoms with van der Waals surface area (Å²) in [5, 5.41) is 9.08. The molecule has 0 aliphatic carbocycles. The van der Waals surface area contributed by atoms with Gasteiger partial charge in [-0.05, 0) is 20.8 Å². The molecule has 4 nitrogen and oxygen atoms in total. The van der Waals surface area contributed by atoms with Crippen molar-refractivity contribution in [2.24, 2.45) is 0 Å². The number of carbonyl (C=O) groups excluding carboxylic acids is 1. The van der Waals surface area contributed by atoms with E-state index in [1.807, 2.05) is 20.8 Å². The lowest BCUT2D eigenvalue weighted by molar-refractivity contribution is -0.914. The van der Waals surface area contributed by atoms with E-state index in [-0.39, 0.29) is 17.3 Å². The van der Waals surface area contributed by atoms with E-state index in [0.717, 1.165) is 6.42 Å². The summed E-state index contributed by atoms with van der Waals surface area (Å²) in [7, 11) is 0. The number of rotatable bonds is 1. The Morgan fingerprint density at radius 2 is 2.00 bits per heavy atom. The maximum Gasteiger partial charge on any atom is 0.518 e. The Hall–Kier alpha value is -0.610. The average molecular weight is 188 g/mol. The van der Waals surface area contributed by atoms with Crippen molar-refractivity contribution in [1.29, 1.82) is 0 Å². The fraction of sp³-hybridized carbons (Fsp3) is 0.889. The molecule has 0 atom stereocenters. The maximum atomic E-state index is 11.6. The van der Waals surface area contributed by atoms with Crippen LogP contribution in [0.3, 0.4) is 0 Å². The lowest BCUT2D eigenvalue weighted by Gasteiger charge is -2.40. The van der Waals surface area contributed by atoms with Crippen molar-refractivity contribution in [1.82, 2.24) is 0 Å². The van der Waals surface area contributed by atoms with Gasteiger partial charge in [0.05, 0.1) is 13.1 Å². The number of carbonyl (C=O) groups is 1. The molecule has 0 radical (unpaired) electrons. The SMILES string of the molecule is CC(C)(C)OC(=O)[N+]1(CO)CCC1. The highest BCUT2D eigenvalue weighted by atomic mass is 16.6. The number of ether oxygens (including phenoxy) is 1. The number of aliphatic hydroxyl groups is 1. The first kappa shape index (κ1) is 10.5. The second-order valence-electron chi connectivity index (χ2n) is 4.57. The molecule has 0 saturated carbocycles. The Morgan fingerprint density at radius 1 is 1.46 bits per heavy atom. The molecule has 0 aromatic carbocycles. The van der Waals surface area contributed by atoms with Gasteiger partial charge in [-0.2, -0.15) is 9.28 Å². The summed E-state index contributed by atoms with van der Waals surface area (Å²) in [6.45, 7) is 6.75. The van der Waals surface area contributed by atoms with Crippen molar-refractivity contribution in [3.63, 3.8) is 0 Å². The Morgan fingerprint density at radius 3 is 2.23 bits per heavy atom. The molecule has 0 aromatic heterocycles. The predicted molar refractivity (Wildman–Crippen MR) is 47.9 cm³/mol. The molecule has 1 fully saturated rings. The van der Waals surface area contributed by atoms with Crippen molar-refractivity contribution in [3.05, 3.63) is 0 Å². The van der Waals surface area contributed by atoms with Gasteiger partial charge < -0.3 is 9.84 Å². The molecule has 0 bridgehead atoms. The van der Waals surface area contributed by atoms with Gasteiger partial charge in [-0.3, -0.25) is 0 Å². The molecule has 1 rings (SSSR count). The van der Waals surface area contributed by atoms with E-state index in [9.17, 15) is 4.79 Å². The Kier molecular flexibility index (Phi) is 2.63. The lowest BCUT2D eigenvalue weighted by Crippen LogP contribution is -2.63. The van der Waals surface area contributed by atoms with Crippen molar-refractivity contribution in [2.45, 2.75) is 32.8 Å². The third-order valence-electron chi connectivity index (χ3n) is 2.22. The minimum atomic E-state index is -0.465. The molecule has 0 unspecified atom stereocenters. The summed E-state index contributed by atoms with van der Waals surface area (Å²) in [6.07, 6.45) is 0.682. The second-order valence-corrected chi connectivity index (χ2v) is 4.57. The second kappa shape index (κ2) is 3.27. The molecule has 1 amide bonds. The zero-order valence-electron chi connectivity index (χ0n) is 8.54. The summed E-state index contributed by atoms with van der Waals surface area (Å²) in [5.74, 6) is 0. The third-order valence-corrected chi connectivity index (χ3v) is 2.22. The predicted octanol–water partition coefficient (Wildman–Crippen LogP) is 1.09. The summed E-state index contributed by atoms with van der Waals surface area (Å²) in [6, 6.07) is 0. The van der Waals surface area contributed by atoms with E-state index in [1.165, 1.54) is 0 Å². The Bertz CT molecular complexity index is 198. The standard InChI is InChI=1S/C9H18NO3/c1-9(2,3)13-8(12)10(7-11)5-4-6-10/h11H,4-7H2,1-3H3/q+1. The number of likely N-dealkylation sites (tertiary alicyclic amines) is 1. The third kappa shape index (κ3) is 2.19. The van der Waals surface area contributed by atoms with Crippen molar-refractivity contribution in [3.8, 4) is 0 Å². The average Bonchev–Trinajstić information content (AvgIpc) is 1.80. The van der Waals surface area contributed by atoms with E-state index < -0.39 is 5.60 Å². The smallest absolute Gasteiger partial charge is 0.414 e. The zero-order valence-corrected chi connectivity index (χ0v) is 8.54. The van der Waals surface area contributed by atoms with Crippen LogP contribution in [0.25, 0.3) is 0 Å². The number of hydrogen-bond donors (Lipinski definition) is 1. The van der Waals surface area contributed by atoms with Crippen LogP contribution in [-0.2, 0) is 4.74 Å².